The molecule has 1 rings (SSSR count). The number of hydrogen-bond acceptors (Lipinski definition) is 6. The van der Waals surface area contributed by atoms with Crippen molar-refractivity contribution in [1.82, 2.24) is 0 Å². The van der Waals surface area contributed by atoms with Gasteiger partial charge in [-0.2, -0.15) is 0 Å². The number of hydrogen-bond donors (Lipinski definition) is 2. The summed E-state index contributed by atoms with van der Waals surface area (Å²) in [5, 5.41) is 18.5. The zero-order chi connectivity index (χ0) is 12.0. The van der Waals surface area contributed by atoms with Gasteiger partial charge in [0.25, 0.3) is 0 Å². The highest BCUT2D eigenvalue weighted by molar-refractivity contribution is 5.70. The molecule has 0 aromatic carbocycles. The fraction of sp³-hybridized carbons (Fsp3) is 0.800. The van der Waals surface area contributed by atoms with Crippen molar-refractivity contribution < 1.29 is 29.3 Å². The first-order chi connectivity index (χ1) is 7.49. The lowest BCUT2D eigenvalue weighted by Gasteiger charge is -2.21. The standard InChI is InChI=1S/C10H16O6/c11-8-4-1-2-5-9(12)16-10(13,14)6-3-7-15-8/h13-14H,1-7H2. The molecule has 1 saturated heterocycles. The summed E-state index contributed by atoms with van der Waals surface area (Å²) in [6.45, 7) is 0.0965. The average molecular weight is 232 g/mol. The molecule has 6 heteroatoms. The highest BCUT2D eigenvalue weighted by Gasteiger charge is 2.28. The van der Waals surface area contributed by atoms with Gasteiger partial charge in [0.05, 0.1) is 6.61 Å². The lowest BCUT2D eigenvalue weighted by Crippen LogP contribution is -2.35. The summed E-state index contributed by atoms with van der Waals surface area (Å²) in [5.74, 6) is -3.45. The van der Waals surface area contributed by atoms with Gasteiger partial charge in [-0.1, -0.05) is 0 Å². The second-order valence-corrected chi connectivity index (χ2v) is 3.75. The number of ether oxygens (including phenoxy) is 2. The summed E-state index contributed by atoms with van der Waals surface area (Å²) < 4.78 is 9.30. The third kappa shape index (κ3) is 5.09. The van der Waals surface area contributed by atoms with Crippen molar-refractivity contribution in [2.45, 2.75) is 44.5 Å². The molecule has 0 atom stereocenters. The first-order valence-electron chi connectivity index (χ1n) is 5.32. The number of rotatable bonds is 0. The van der Waals surface area contributed by atoms with Crippen LogP contribution in [0.4, 0.5) is 0 Å². The van der Waals surface area contributed by atoms with E-state index in [1.165, 1.54) is 0 Å². The topological polar surface area (TPSA) is 93.1 Å². The fourth-order valence-corrected chi connectivity index (χ4v) is 1.38. The van der Waals surface area contributed by atoms with E-state index < -0.39 is 11.9 Å². The Hall–Kier alpha value is -1.14. The van der Waals surface area contributed by atoms with Crippen molar-refractivity contribution in [3.8, 4) is 0 Å². The van der Waals surface area contributed by atoms with E-state index in [0.717, 1.165) is 0 Å². The molecule has 0 aliphatic carbocycles. The predicted molar refractivity (Wildman–Crippen MR) is 51.9 cm³/mol. The average Bonchev–Trinajstić information content (AvgIpc) is 2.17. The van der Waals surface area contributed by atoms with Crippen molar-refractivity contribution in [2.24, 2.45) is 0 Å². The van der Waals surface area contributed by atoms with Crippen LogP contribution in [0.2, 0.25) is 0 Å². The van der Waals surface area contributed by atoms with Crippen molar-refractivity contribution in [1.29, 1.82) is 0 Å². The van der Waals surface area contributed by atoms with Crippen molar-refractivity contribution in [3.63, 3.8) is 0 Å². The van der Waals surface area contributed by atoms with Gasteiger partial charge in [-0.05, 0) is 19.3 Å². The smallest absolute Gasteiger partial charge is 0.324 e. The van der Waals surface area contributed by atoms with E-state index in [1.54, 1.807) is 0 Å². The normalized spacial score (nSPS) is 23.6. The van der Waals surface area contributed by atoms with Crippen LogP contribution in [0.1, 0.15) is 38.5 Å². The molecule has 0 unspecified atom stereocenters. The van der Waals surface area contributed by atoms with Crippen molar-refractivity contribution in [3.05, 3.63) is 0 Å². The van der Waals surface area contributed by atoms with Crippen LogP contribution in [0.25, 0.3) is 0 Å². The number of carbonyl (C=O) groups is 2. The largest absolute Gasteiger partial charge is 0.466 e. The molecular formula is C10H16O6. The molecular weight excluding hydrogens is 216 g/mol. The molecule has 6 nitrogen and oxygen atoms in total. The van der Waals surface area contributed by atoms with E-state index in [1.807, 2.05) is 0 Å². The second kappa shape index (κ2) is 5.81. The zero-order valence-corrected chi connectivity index (χ0v) is 8.98. The number of aliphatic hydroxyl groups is 2. The molecule has 92 valence electrons. The third-order valence-corrected chi connectivity index (χ3v) is 2.20. The van der Waals surface area contributed by atoms with E-state index in [9.17, 15) is 19.8 Å². The maximum atomic E-state index is 11.1. The maximum Gasteiger partial charge on any atom is 0.324 e. The molecule has 0 amide bonds. The van der Waals surface area contributed by atoms with E-state index in [0.29, 0.717) is 12.8 Å². The Labute approximate surface area is 93.2 Å². The molecule has 0 aromatic heterocycles. The first-order valence-corrected chi connectivity index (χ1v) is 5.32. The summed E-state index contributed by atoms with van der Waals surface area (Å²) in [4.78, 5) is 22.2. The minimum absolute atomic E-state index is 0.0656. The van der Waals surface area contributed by atoms with Crippen LogP contribution in [0.5, 0.6) is 0 Å². The molecule has 2 N–H and O–H groups in total. The predicted octanol–water partition coefficient (Wildman–Crippen LogP) is 0.0654. The lowest BCUT2D eigenvalue weighted by molar-refractivity contribution is -0.323. The quantitative estimate of drug-likeness (QED) is 0.453. The van der Waals surface area contributed by atoms with Gasteiger partial charge >= 0.3 is 17.9 Å². The van der Waals surface area contributed by atoms with Crippen LogP contribution >= 0.6 is 0 Å². The van der Waals surface area contributed by atoms with Gasteiger partial charge in [-0.25, -0.2) is 0 Å². The van der Waals surface area contributed by atoms with E-state index in [4.69, 9.17) is 4.74 Å². The van der Waals surface area contributed by atoms with Gasteiger partial charge in [-0.3, -0.25) is 9.59 Å². The van der Waals surface area contributed by atoms with Gasteiger partial charge in [-0.15, -0.1) is 0 Å². The Bertz CT molecular complexity index is 260. The van der Waals surface area contributed by atoms with Crippen LogP contribution < -0.4 is 0 Å². The van der Waals surface area contributed by atoms with Crippen LogP contribution in [-0.2, 0) is 19.1 Å². The Kier molecular flexibility index (Phi) is 4.70. The highest BCUT2D eigenvalue weighted by Crippen LogP contribution is 2.14. The second-order valence-electron chi connectivity index (χ2n) is 3.75. The highest BCUT2D eigenvalue weighted by atomic mass is 16.8. The Balaban J connectivity index is 2.49. The molecule has 0 aromatic rings. The molecule has 1 aliphatic heterocycles. The summed E-state index contributed by atoms with van der Waals surface area (Å²) in [6, 6.07) is 0. The van der Waals surface area contributed by atoms with E-state index in [-0.39, 0.29) is 38.3 Å². The molecule has 0 saturated carbocycles. The molecule has 0 bridgehead atoms. The summed E-state index contributed by atoms with van der Waals surface area (Å²) in [6.07, 6.45) is 1.38. The monoisotopic (exact) mass is 232 g/mol. The third-order valence-electron chi connectivity index (χ3n) is 2.20. The lowest BCUT2D eigenvalue weighted by atomic mass is 10.2. The number of cyclic esters (lactones) is 2. The van der Waals surface area contributed by atoms with Crippen LogP contribution in [0.3, 0.4) is 0 Å². The summed E-state index contributed by atoms with van der Waals surface area (Å²) in [7, 11) is 0. The summed E-state index contributed by atoms with van der Waals surface area (Å²) in [5.41, 5.74) is 0. The van der Waals surface area contributed by atoms with E-state index >= 15 is 0 Å². The van der Waals surface area contributed by atoms with Crippen LogP contribution in [-0.4, -0.2) is 34.7 Å². The van der Waals surface area contributed by atoms with Gasteiger partial charge in [0.2, 0.25) is 0 Å². The van der Waals surface area contributed by atoms with Crippen LogP contribution in [0, 0.1) is 0 Å². The maximum absolute atomic E-state index is 11.1. The molecule has 16 heavy (non-hydrogen) atoms. The van der Waals surface area contributed by atoms with Crippen LogP contribution in [0.15, 0.2) is 0 Å². The molecule has 1 fully saturated rings. The number of esters is 2. The fourth-order valence-electron chi connectivity index (χ4n) is 1.38. The van der Waals surface area contributed by atoms with Gasteiger partial charge < -0.3 is 19.7 Å². The molecule has 1 aliphatic rings. The minimum Gasteiger partial charge on any atom is -0.466 e. The van der Waals surface area contributed by atoms with Crippen molar-refractivity contribution >= 4 is 11.9 Å². The first kappa shape index (κ1) is 12.9. The zero-order valence-electron chi connectivity index (χ0n) is 8.98. The van der Waals surface area contributed by atoms with E-state index in [2.05, 4.69) is 4.74 Å². The van der Waals surface area contributed by atoms with Crippen molar-refractivity contribution in [2.75, 3.05) is 6.61 Å². The SMILES string of the molecule is O=C1CCCCC(=O)OC(O)(O)CCCO1. The Morgan fingerprint density at radius 1 is 1.00 bits per heavy atom. The Morgan fingerprint density at radius 2 is 1.62 bits per heavy atom. The Morgan fingerprint density at radius 3 is 2.31 bits per heavy atom. The summed E-state index contributed by atoms with van der Waals surface area (Å²) >= 11 is 0. The van der Waals surface area contributed by atoms with Gasteiger partial charge in [0.1, 0.15) is 0 Å². The number of carbonyl (C=O) groups excluding carboxylic acids is 2. The molecule has 1 heterocycles. The molecule has 0 spiro atoms. The molecule has 0 radical (unpaired) electrons. The minimum atomic E-state index is -2.46. The van der Waals surface area contributed by atoms with Gasteiger partial charge in [0, 0.05) is 19.3 Å². The van der Waals surface area contributed by atoms with Gasteiger partial charge in [0.15, 0.2) is 0 Å².